The van der Waals surface area contributed by atoms with Crippen LogP contribution >= 0.6 is 11.3 Å². The average Bonchev–Trinajstić information content (AvgIpc) is 3.31. The van der Waals surface area contributed by atoms with Gasteiger partial charge in [0.2, 0.25) is 11.6 Å². The molecule has 11 heteroatoms. The third kappa shape index (κ3) is 3.72. The van der Waals surface area contributed by atoms with Gasteiger partial charge in [0, 0.05) is 15.3 Å². The van der Waals surface area contributed by atoms with Gasteiger partial charge in [-0.2, -0.15) is 9.78 Å². The number of nitrogens with one attached hydrogen (secondary N) is 1. The lowest BCUT2D eigenvalue weighted by molar-refractivity contribution is 0.0948. The summed E-state index contributed by atoms with van der Waals surface area (Å²) in [6, 6.07) is 2.05. The number of thiophene rings is 1. The molecule has 0 unspecified atom stereocenters. The summed E-state index contributed by atoms with van der Waals surface area (Å²) in [7, 11) is 0. The van der Waals surface area contributed by atoms with Crippen LogP contribution in [0.3, 0.4) is 0 Å². The molecule has 10 nitrogen and oxygen atoms in total. The second-order valence-electron chi connectivity index (χ2n) is 5.98. The zero-order chi connectivity index (χ0) is 19.6. The molecule has 0 saturated carbocycles. The number of carbonyl (C=O) groups excluding carboxylic acids is 1. The highest BCUT2D eigenvalue weighted by Gasteiger charge is 2.23. The van der Waals surface area contributed by atoms with Gasteiger partial charge in [-0.05, 0) is 43.6 Å². The van der Waals surface area contributed by atoms with E-state index in [1.807, 2.05) is 33.8 Å². The fourth-order valence-corrected chi connectivity index (χ4v) is 3.66. The van der Waals surface area contributed by atoms with Crippen molar-refractivity contribution in [3.05, 3.63) is 32.8 Å². The Labute approximate surface area is 159 Å². The Balaban J connectivity index is 1.86. The van der Waals surface area contributed by atoms with Crippen molar-refractivity contribution >= 4 is 28.8 Å². The third-order valence-electron chi connectivity index (χ3n) is 3.92. The minimum absolute atomic E-state index is 0.0707. The Hall–Kier alpha value is -3.08. The van der Waals surface area contributed by atoms with Gasteiger partial charge in [-0.1, -0.05) is 18.6 Å². The van der Waals surface area contributed by atoms with Gasteiger partial charge < -0.3 is 5.73 Å². The number of hydrazone groups is 1. The molecule has 3 heterocycles. The maximum Gasteiger partial charge on any atom is 0.293 e. The van der Waals surface area contributed by atoms with Crippen molar-refractivity contribution in [2.24, 2.45) is 5.10 Å². The lowest BCUT2D eigenvalue weighted by Crippen LogP contribution is -2.21. The molecular formula is C16H20N8O2S. The lowest BCUT2D eigenvalue weighted by Gasteiger charge is -2.04. The predicted octanol–water partition coefficient (Wildman–Crippen LogP) is 2.02. The molecule has 0 radical (unpaired) electrons. The first-order valence-electron chi connectivity index (χ1n) is 8.37. The summed E-state index contributed by atoms with van der Waals surface area (Å²) in [5, 5.41) is 19.4. The molecular weight excluding hydrogens is 368 g/mol. The van der Waals surface area contributed by atoms with Gasteiger partial charge in [-0.3, -0.25) is 4.79 Å². The molecule has 3 N–H and O–H groups in total. The van der Waals surface area contributed by atoms with E-state index in [1.165, 1.54) is 9.56 Å². The number of amides is 1. The van der Waals surface area contributed by atoms with Gasteiger partial charge in [0.1, 0.15) is 0 Å². The molecule has 1 amide bonds. The van der Waals surface area contributed by atoms with Crippen molar-refractivity contribution in [2.75, 3.05) is 5.73 Å². The molecule has 0 saturated heterocycles. The Bertz CT molecular complexity index is 1000. The number of aromatic nitrogens is 5. The molecule has 0 aliphatic carbocycles. The highest BCUT2D eigenvalue weighted by Crippen LogP contribution is 2.21. The average molecular weight is 388 g/mol. The molecule has 27 heavy (non-hydrogen) atoms. The van der Waals surface area contributed by atoms with Crippen molar-refractivity contribution in [1.29, 1.82) is 0 Å². The zero-order valence-electron chi connectivity index (χ0n) is 15.5. The first-order chi connectivity index (χ1) is 12.9. The number of nitrogen functional groups attached to an aromatic ring is 1. The van der Waals surface area contributed by atoms with Crippen LogP contribution in [0.5, 0.6) is 0 Å². The summed E-state index contributed by atoms with van der Waals surface area (Å²) in [4.78, 5) is 14.9. The van der Waals surface area contributed by atoms with E-state index in [2.05, 4.69) is 35.8 Å². The van der Waals surface area contributed by atoms with Crippen molar-refractivity contribution in [1.82, 2.24) is 30.7 Å². The van der Waals surface area contributed by atoms with E-state index >= 15 is 0 Å². The van der Waals surface area contributed by atoms with Crippen LogP contribution in [0.4, 0.5) is 5.82 Å². The Morgan fingerprint density at radius 1 is 1.41 bits per heavy atom. The first kappa shape index (κ1) is 18.7. The summed E-state index contributed by atoms with van der Waals surface area (Å²) >= 11 is 1.69. The molecule has 0 atom stereocenters. The van der Waals surface area contributed by atoms with Crippen molar-refractivity contribution < 1.29 is 9.42 Å². The summed E-state index contributed by atoms with van der Waals surface area (Å²) in [5.41, 5.74) is 10.7. The van der Waals surface area contributed by atoms with Gasteiger partial charge >= 0.3 is 0 Å². The topological polar surface area (TPSA) is 137 Å². The van der Waals surface area contributed by atoms with Crippen LogP contribution in [0.1, 0.15) is 51.8 Å². The SMILES string of the molecule is CCCc1c(C(=O)N/N=C(\C)c2cc(C)sc2C)nnn1-c1nonc1N. The van der Waals surface area contributed by atoms with Crippen LogP contribution in [0, 0.1) is 13.8 Å². The highest BCUT2D eigenvalue weighted by molar-refractivity contribution is 7.12. The molecule has 0 spiro atoms. The number of carbonyl (C=O) groups is 1. The second-order valence-corrected chi connectivity index (χ2v) is 7.45. The number of nitrogens with two attached hydrogens (primary N) is 1. The van der Waals surface area contributed by atoms with E-state index in [0.717, 1.165) is 22.6 Å². The van der Waals surface area contributed by atoms with Gasteiger partial charge in [0.15, 0.2) is 5.69 Å². The van der Waals surface area contributed by atoms with Crippen LogP contribution < -0.4 is 11.2 Å². The van der Waals surface area contributed by atoms with Crippen LogP contribution in [-0.4, -0.2) is 36.9 Å². The number of rotatable bonds is 6. The van der Waals surface area contributed by atoms with E-state index in [4.69, 9.17) is 5.73 Å². The van der Waals surface area contributed by atoms with Gasteiger partial charge in [0.05, 0.1) is 11.4 Å². The van der Waals surface area contributed by atoms with Gasteiger partial charge in [-0.15, -0.1) is 16.4 Å². The summed E-state index contributed by atoms with van der Waals surface area (Å²) < 4.78 is 5.98. The van der Waals surface area contributed by atoms with Crippen LogP contribution in [0.15, 0.2) is 15.8 Å². The second kappa shape index (κ2) is 7.66. The molecule has 0 fully saturated rings. The molecule has 142 valence electrons. The Morgan fingerprint density at radius 2 is 2.19 bits per heavy atom. The van der Waals surface area contributed by atoms with Gasteiger partial charge in [-0.25, -0.2) is 10.1 Å². The monoisotopic (exact) mass is 388 g/mol. The minimum Gasteiger partial charge on any atom is -0.378 e. The molecule has 3 aromatic rings. The summed E-state index contributed by atoms with van der Waals surface area (Å²) in [5.74, 6) is -0.181. The van der Waals surface area contributed by atoms with Crippen LogP contribution in [-0.2, 0) is 6.42 Å². The molecule has 0 bridgehead atoms. The van der Waals surface area contributed by atoms with E-state index in [9.17, 15) is 4.79 Å². The van der Waals surface area contributed by atoms with Crippen LogP contribution in [0.2, 0.25) is 0 Å². The summed E-state index contributed by atoms with van der Waals surface area (Å²) in [6.45, 7) is 7.88. The molecule has 0 aliphatic rings. The van der Waals surface area contributed by atoms with Crippen LogP contribution in [0.25, 0.3) is 5.82 Å². The number of hydrogen-bond acceptors (Lipinski definition) is 9. The first-order valence-corrected chi connectivity index (χ1v) is 9.19. The fraction of sp³-hybridized carbons (Fsp3) is 0.375. The number of aryl methyl sites for hydroxylation is 2. The maximum atomic E-state index is 12.6. The summed E-state index contributed by atoms with van der Waals surface area (Å²) in [6.07, 6.45) is 1.32. The van der Waals surface area contributed by atoms with Crippen molar-refractivity contribution in [3.8, 4) is 5.82 Å². The number of nitrogens with zero attached hydrogens (tertiary/aromatic N) is 6. The standard InChI is InChI=1S/C16H20N8O2S/c1-5-6-12-13(19-23-24(12)15-14(17)21-26-22-15)16(25)20-18-9(3)11-7-8(2)27-10(11)4/h7H,5-6H2,1-4H3,(H2,17,21)(H,20,25)/b18-9+. The molecule has 3 rings (SSSR count). The van der Waals surface area contributed by atoms with Gasteiger partial charge in [0.25, 0.3) is 5.91 Å². The minimum atomic E-state index is -0.455. The zero-order valence-corrected chi connectivity index (χ0v) is 16.3. The van der Waals surface area contributed by atoms with E-state index < -0.39 is 5.91 Å². The van der Waals surface area contributed by atoms with E-state index in [-0.39, 0.29) is 17.3 Å². The largest absolute Gasteiger partial charge is 0.378 e. The molecule has 3 aromatic heterocycles. The highest BCUT2D eigenvalue weighted by atomic mass is 32.1. The quantitative estimate of drug-likeness (QED) is 0.487. The number of hydrogen-bond donors (Lipinski definition) is 2. The number of anilines is 1. The normalized spacial score (nSPS) is 11.8. The smallest absolute Gasteiger partial charge is 0.293 e. The lowest BCUT2D eigenvalue weighted by atomic mass is 10.2. The van der Waals surface area contributed by atoms with E-state index in [0.29, 0.717) is 12.1 Å². The molecule has 0 aliphatic heterocycles. The van der Waals surface area contributed by atoms with Crippen molar-refractivity contribution in [3.63, 3.8) is 0 Å². The Kier molecular flexibility index (Phi) is 5.31. The Morgan fingerprint density at radius 3 is 2.78 bits per heavy atom. The predicted molar refractivity (Wildman–Crippen MR) is 101 cm³/mol. The molecule has 0 aromatic carbocycles. The maximum absolute atomic E-state index is 12.6. The fourth-order valence-electron chi connectivity index (χ4n) is 2.68. The van der Waals surface area contributed by atoms with E-state index in [1.54, 1.807) is 11.3 Å². The van der Waals surface area contributed by atoms with Crippen molar-refractivity contribution in [2.45, 2.75) is 40.5 Å². The third-order valence-corrected chi connectivity index (χ3v) is 4.88.